The van der Waals surface area contributed by atoms with E-state index in [1.807, 2.05) is 48.5 Å². The minimum absolute atomic E-state index is 0.114. The first-order valence-electron chi connectivity index (χ1n) is 8.55. The molecule has 0 spiro atoms. The second-order valence-electron chi connectivity index (χ2n) is 6.30. The third-order valence-electron chi connectivity index (χ3n) is 4.64. The molecule has 3 aromatic rings. The molecule has 0 aromatic heterocycles. The third-order valence-corrected chi connectivity index (χ3v) is 4.64. The van der Waals surface area contributed by atoms with Gasteiger partial charge in [-0.3, -0.25) is 10.1 Å². The van der Waals surface area contributed by atoms with Crippen LogP contribution in [0.5, 0.6) is 0 Å². The molecule has 1 aliphatic heterocycles. The molecule has 4 heteroatoms. The zero-order valence-electron chi connectivity index (χ0n) is 14.1. The Bertz CT molecular complexity index is 921. The fraction of sp³-hybridized carbons (Fsp3) is 0.0909. The number of nitro groups is 1. The van der Waals surface area contributed by atoms with Gasteiger partial charge in [0, 0.05) is 17.8 Å². The van der Waals surface area contributed by atoms with Crippen LogP contribution < -0.4 is 4.90 Å². The van der Waals surface area contributed by atoms with E-state index in [0.29, 0.717) is 0 Å². The molecule has 1 heterocycles. The maximum Gasteiger partial charge on any atom is 0.269 e. The Labute approximate surface area is 152 Å². The fourth-order valence-electron chi connectivity index (χ4n) is 3.31. The van der Waals surface area contributed by atoms with Gasteiger partial charge in [0.1, 0.15) is 0 Å². The van der Waals surface area contributed by atoms with Gasteiger partial charge >= 0.3 is 0 Å². The summed E-state index contributed by atoms with van der Waals surface area (Å²) in [5, 5.41) is 10.9. The van der Waals surface area contributed by atoms with Crippen LogP contribution in [0.4, 0.5) is 11.4 Å². The van der Waals surface area contributed by atoms with E-state index in [1.165, 1.54) is 5.56 Å². The summed E-state index contributed by atoms with van der Waals surface area (Å²) in [5.41, 5.74) is 3.51. The molecule has 0 bridgehead atoms. The Balaban J connectivity index is 1.62. The quantitative estimate of drug-likeness (QED) is 0.362. The summed E-state index contributed by atoms with van der Waals surface area (Å²) in [6.07, 6.45) is 4.33. The van der Waals surface area contributed by atoms with E-state index >= 15 is 0 Å². The van der Waals surface area contributed by atoms with Crippen molar-refractivity contribution in [3.63, 3.8) is 0 Å². The minimum atomic E-state index is -0.368. The molecule has 0 N–H and O–H groups in total. The van der Waals surface area contributed by atoms with Crippen molar-refractivity contribution >= 4 is 17.5 Å². The van der Waals surface area contributed by atoms with Crippen LogP contribution in [0.2, 0.25) is 0 Å². The summed E-state index contributed by atoms with van der Waals surface area (Å²) in [4.78, 5) is 12.8. The van der Waals surface area contributed by atoms with E-state index < -0.39 is 0 Å². The highest BCUT2D eigenvalue weighted by atomic mass is 16.6. The lowest BCUT2D eigenvalue weighted by atomic mass is 10.1. The van der Waals surface area contributed by atoms with E-state index in [9.17, 15) is 10.1 Å². The van der Waals surface area contributed by atoms with Crippen LogP contribution in [0.1, 0.15) is 17.2 Å². The second-order valence-corrected chi connectivity index (χ2v) is 6.30. The largest absolute Gasteiger partial charge is 0.353 e. The standard InChI is InChI=1S/C22H18N2O2/c25-24(26)20-14-12-19(13-15-20)23-21(16-11-17-7-3-1-4-8-17)22(23)18-9-5-2-6-10-18/h1-16,21-22H/b16-11+. The van der Waals surface area contributed by atoms with Crippen molar-refractivity contribution in [2.75, 3.05) is 4.90 Å². The molecular weight excluding hydrogens is 324 g/mol. The van der Waals surface area contributed by atoms with Crippen molar-refractivity contribution in [1.29, 1.82) is 0 Å². The predicted octanol–water partition coefficient (Wildman–Crippen LogP) is 5.24. The predicted molar refractivity (Wildman–Crippen MR) is 104 cm³/mol. The summed E-state index contributed by atoms with van der Waals surface area (Å²) >= 11 is 0. The smallest absolute Gasteiger partial charge is 0.269 e. The van der Waals surface area contributed by atoms with E-state index in [4.69, 9.17) is 0 Å². The highest BCUT2D eigenvalue weighted by Gasteiger charge is 2.46. The van der Waals surface area contributed by atoms with Crippen LogP contribution in [0.15, 0.2) is 91.0 Å². The highest BCUT2D eigenvalue weighted by Crippen LogP contribution is 2.48. The molecule has 3 aromatic carbocycles. The molecule has 1 aliphatic rings. The molecule has 4 rings (SSSR count). The molecule has 0 radical (unpaired) electrons. The van der Waals surface area contributed by atoms with Crippen LogP contribution in [0.25, 0.3) is 6.08 Å². The van der Waals surface area contributed by atoms with Gasteiger partial charge in [-0.1, -0.05) is 72.8 Å². The van der Waals surface area contributed by atoms with Crippen LogP contribution >= 0.6 is 0 Å². The Kier molecular flexibility index (Phi) is 4.23. The zero-order valence-corrected chi connectivity index (χ0v) is 14.1. The van der Waals surface area contributed by atoms with Crippen molar-refractivity contribution in [2.24, 2.45) is 0 Å². The molecule has 2 unspecified atom stereocenters. The molecule has 1 saturated heterocycles. The van der Waals surface area contributed by atoms with Gasteiger partial charge in [0.25, 0.3) is 5.69 Å². The van der Waals surface area contributed by atoms with E-state index in [0.717, 1.165) is 11.3 Å². The van der Waals surface area contributed by atoms with E-state index in [2.05, 4.69) is 41.3 Å². The number of nitro benzene ring substituents is 1. The van der Waals surface area contributed by atoms with Gasteiger partial charge in [0.05, 0.1) is 17.0 Å². The van der Waals surface area contributed by atoms with Crippen LogP contribution in [-0.4, -0.2) is 11.0 Å². The van der Waals surface area contributed by atoms with Crippen molar-refractivity contribution in [2.45, 2.75) is 12.1 Å². The fourth-order valence-corrected chi connectivity index (χ4v) is 3.31. The van der Waals surface area contributed by atoms with E-state index in [1.54, 1.807) is 12.1 Å². The third kappa shape index (κ3) is 3.22. The van der Waals surface area contributed by atoms with Crippen molar-refractivity contribution in [1.82, 2.24) is 0 Å². The van der Waals surface area contributed by atoms with Gasteiger partial charge in [-0.05, 0) is 23.3 Å². The van der Waals surface area contributed by atoms with Gasteiger partial charge < -0.3 is 4.90 Å². The lowest BCUT2D eigenvalue weighted by molar-refractivity contribution is -0.384. The monoisotopic (exact) mass is 342 g/mol. The topological polar surface area (TPSA) is 46.1 Å². The molecule has 1 fully saturated rings. The summed E-state index contributed by atoms with van der Waals surface area (Å²) in [5.74, 6) is 0. The molecule has 26 heavy (non-hydrogen) atoms. The zero-order chi connectivity index (χ0) is 17.9. The number of nitrogens with zero attached hydrogens (tertiary/aromatic N) is 2. The molecule has 0 aliphatic carbocycles. The SMILES string of the molecule is O=[N+]([O-])c1ccc(N2C(/C=C/c3ccccc3)C2c2ccccc2)cc1. The molecule has 2 atom stereocenters. The summed E-state index contributed by atoms with van der Waals surface area (Å²) in [7, 11) is 0. The first kappa shape index (κ1) is 16.1. The Hall–Kier alpha value is -3.40. The average Bonchev–Trinajstić information content (AvgIpc) is 3.42. The molecular formula is C22H18N2O2. The lowest BCUT2D eigenvalue weighted by Gasteiger charge is -2.05. The maximum absolute atomic E-state index is 10.9. The number of hydrogen-bond donors (Lipinski definition) is 0. The first-order chi connectivity index (χ1) is 12.7. The van der Waals surface area contributed by atoms with Gasteiger partial charge in [0.15, 0.2) is 0 Å². The van der Waals surface area contributed by atoms with Crippen molar-refractivity contribution in [3.8, 4) is 0 Å². The van der Waals surface area contributed by atoms with E-state index in [-0.39, 0.29) is 22.7 Å². The summed E-state index contributed by atoms with van der Waals surface area (Å²) < 4.78 is 0. The summed E-state index contributed by atoms with van der Waals surface area (Å²) in [6, 6.07) is 27.8. The Morgan fingerprint density at radius 2 is 1.46 bits per heavy atom. The lowest BCUT2D eigenvalue weighted by Crippen LogP contribution is -1.97. The second kappa shape index (κ2) is 6.84. The molecule has 4 nitrogen and oxygen atoms in total. The number of rotatable bonds is 5. The molecule has 0 amide bonds. The highest BCUT2D eigenvalue weighted by molar-refractivity contribution is 5.65. The van der Waals surface area contributed by atoms with Crippen LogP contribution in [0.3, 0.4) is 0 Å². The van der Waals surface area contributed by atoms with Crippen molar-refractivity contribution in [3.05, 3.63) is 112 Å². The maximum atomic E-state index is 10.9. The minimum Gasteiger partial charge on any atom is -0.353 e. The van der Waals surface area contributed by atoms with Gasteiger partial charge in [-0.2, -0.15) is 0 Å². The van der Waals surface area contributed by atoms with Gasteiger partial charge in [-0.15, -0.1) is 0 Å². The Morgan fingerprint density at radius 1 is 0.846 bits per heavy atom. The van der Waals surface area contributed by atoms with Crippen LogP contribution in [0, 0.1) is 10.1 Å². The van der Waals surface area contributed by atoms with Gasteiger partial charge in [-0.25, -0.2) is 0 Å². The van der Waals surface area contributed by atoms with Gasteiger partial charge in [0.2, 0.25) is 0 Å². The number of hydrogen-bond acceptors (Lipinski definition) is 3. The number of non-ortho nitro benzene ring substituents is 1. The van der Waals surface area contributed by atoms with Crippen LogP contribution in [-0.2, 0) is 0 Å². The number of benzene rings is 3. The Morgan fingerprint density at radius 3 is 2.08 bits per heavy atom. The summed E-state index contributed by atoms with van der Waals surface area (Å²) in [6.45, 7) is 0. The average molecular weight is 342 g/mol. The number of anilines is 1. The van der Waals surface area contributed by atoms with Crippen molar-refractivity contribution < 1.29 is 4.92 Å². The molecule has 128 valence electrons. The normalized spacial score (nSPS) is 18.8. The first-order valence-corrected chi connectivity index (χ1v) is 8.55. The molecule has 0 saturated carbocycles.